The molecule has 0 atom stereocenters. The van der Waals surface area contributed by atoms with Gasteiger partial charge in [0, 0.05) is 11.8 Å². The number of rotatable bonds is 10. The maximum absolute atomic E-state index is 5.50. The van der Waals surface area contributed by atoms with Gasteiger partial charge in [0.25, 0.3) is 0 Å². The van der Waals surface area contributed by atoms with E-state index in [0.29, 0.717) is 6.61 Å². The van der Waals surface area contributed by atoms with E-state index in [-0.39, 0.29) is 0 Å². The van der Waals surface area contributed by atoms with Crippen LogP contribution < -0.4 is 4.74 Å². The van der Waals surface area contributed by atoms with Crippen LogP contribution in [0, 0.1) is 0 Å². The molecule has 0 aliphatic carbocycles. The van der Waals surface area contributed by atoms with Crippen molar-refractivity contribution >= 4 is 0 Å². The summed E-state index contributed by atoms with van der Waals surface area (Å²) < 4.78 is 5.50. The van der Waals surface area contributed by atoms with Crippen LogP contribution in [0.4, 0.5) is 0 Å². The summed E-state index contributed by atoms with van der Waals surface area (Å²) in [5.41, 5.74) is 6.27. The van der Waals surface area contributed by atoms with E-state index in [2.05, 4.69) is 72.6 Å². The van der Waals surface area contributed by atoms with Crippen LogP contribution in [-0.2, 0) is 19.3 Å². The Kier molecular flexibility index (Phi) is 7.66. The average Bonchev–Trinajstić information content (AvgIpc) is 2.75. The summed E-state index contributed by atoms with van der Waals surface area (Å²) in [6.45, 7) is 4.96. The summed E-state index contributed by atoms with van der Waals surface area (Å²) in [5.74, 6) is 0.944. The number of aromatic nitrogens is 1. The lowest BCUT2D eigenvalue weighted by atomic mass is 10.0. The van der Waals surface area contributed by atoms with Gasteiger partial charge in [0.1, 0.15) is 5.75 Å². The first-order valence-electron chi connectivity index (χ1n) is 10.5. The SMILES string of the molecule is CCCCCc1ccc(-c2ccc(CCc3ccc(OCC)cc3)cc2)nc1. The van der Waals surface area contributed by atoms with Gasteiger partial charge in [-0.15, -0.1) is 0 Å². The molecule has 28 heavy (non-hydrogen) atoms. The lowest BCUT2D eigenvalue weighted by Gasteiger charge is -2.07. The van der Waals surface area contributed by atoms with Crippen molar-refractivity contribution in [3.63, 3.8) is 0 Å². The van der Waals surface area contributed by atoms with Gasteiger partial charge in [-0.2, -0.15) is 0 Å². The average molecular weight is 374 g/mol. The van der Waals surface area contributed by atoms with Crippen LogP contribution in [0.5, 0.6) is 5.75 Å². The zero-order valence-corrected chi connectivity index (χ0v) is 17.2. The molecule has 0 N–H and O–H groups in total. The van der Waals surface area contributed by atoms with Crippen LogP contribution in [-0.4, -0.2) is 11.6 Å². The molecule has 3 rings (SSSR count). The molecule has 0 amide bonds. The third-order valence-corrected chi connectivity index (χ3v) is 5.08. The molecule has 0 saturated carbocycles. The number of benzene rings is 2. The number of hydrogen-bond donors (Lipinski definition) is 0. The second-order valence-electron chi connectivity index (χ2n) is 7.28. The van der Waals surface area contributed by atoms with Gasteiger partial charge in [0.2, 0.25) is 0 Å². The molecule has 0 aliphatic heterocycles. The van der Waals surface area contributed by atoms with Crippen molar-refractivity contribution in [2.45, 2.75) is 52.4 Å². The summed E-state index contributed by atoms with van der Waals surface area (Å²) in [4.78, 5) is 4.66. The van der Waals surface area contributed by atoms with E-state index in [9.17, 15) is 0 Å². The fraction of sp³-hybridized carbons (Fsp3) is 0.346. The smallest absolute Gasteiger partial charge is 0.119 e. The summed E-state index contributed by atoms with van der Waals surface area (Å²) in [6.07, 6.45) is 9.04. The zero-order chi connectivity index (χ0) is 19.6. The normalized spacial score (nSPS) is 10.8. The molecular weight excluding hydrogens is 342 g/mol. The molecule has 2 aromatic carbocycles. The maximum atomic E-state index is 5.50. The van der Waals surface area contributed by atoms with Crippen molar-refractivity contribution in [1.82, 2.24) is 4.98 Å². The van der Waals surface area contributed by atoms with Crippen molar-refractivity contribution in [2.24, 2.45) is 0 Å². The topological polar surface area (TPSA) is 22.1 Å². The number of pyridine rings is 1. The quantitative estimate of drug-likeness (QED) is 0.370. The van der Waals surface area contributed by atoms with Gasteiger partial charge < -0.3 is 4.74 Å². The Morgan fingerprint density at radius 1 is 0.679 bits per heavy atom. The van der Waals surface area contributed by atoms with Crippen molar-refractivity contribution in [2.75, 3.05) is 6.61 Å². The van der Waals surface area contributed by atoms with E-state index in [1.807, 2.05) is 13.1 Å². The lowest BCUT2D eigenvalue weighted by Crippen LogP contribution is -1.94. The van der Waals surface area contributed by atoms with Crippen molar-refractivity contribution in [1.29, 1.82) is 0 Å². The highest BCUT2D eigenvalue weighted by Crippen LogP contribution is 2.20. The number of unbranched alkanes of at least 4 members (excludes halogenated alkanes) is 2. The van der Waals surface area contributed by atoms with Gasteiger partial charge in [-0.25, -0.2) is 0 Å². The van der Waals surface area contributed by atoms with Crippen molar-refractivity contribution in [3.05, 3.63) is 83.6 Å². The molecule has 1 aromatic heterocycles. The van der Waals surface area contributed by atoms with Crippen LogP contribution in [0.1, 0.15) is 49.8 Å². The van der Waals surface area contributed by atoms with E-state index in [4.69, 9.17) is 4.74 Å². The predicted octanol–water partition coefficient (Wildman–Crippen LogP) is 6.67. The third-order valence-electron chi connectivity index (χ3n) is 5.08. The van der Waals surface area contributed by atoms with Crippen LogP contribution in [0.25, 0.3) is 11.3 Å². The fourth-order valence-corrected chi connectivity index (χ4v) is 3.37. The first-order valence-corrected chi connectivity index (χ1v) is 10.5. The van der Waals surface area contributed by atoms with Crippen LogP contribution in [0.2, 0.25) is 0 Å². The molecule has 3 aromatic rings. The minimum atomic E-state index is 0.710. The minimum Gasteiger partial charge on any atom is -0.494 e. The van der Waals surface area contributed by atoms with Crippen LogP contribution in [0.3, 0.4) is 0 Å². The molecule has 0 fully saturated rings. The number of aryl methyl sites for hydroxylation is 3. The molecule has 2 nitrogen and oxygen atoms in total. The van der Waals surface area contributed by atoms with Crippen LogP contribution in [0.15, 0.2) is 66.9 Å². The first kappa shape index (κ1) is 20.1. The van der Waals surface area contributed by atoms with Gasteiger partial charge in [-0.1, -0.05) is 62.2 Å². The molecule has 0 bridgehead atoms. The number of nitrogens with zero attached hydrogens (tertiary/aromatic N) is 1. The molecule has 0 radical (unpaired) electrons. The Morgan fingerprint density at radius 3 is 1.89 bits per heavy atom. The van der Waals surface area contributed by atoms with E-state index in [1.165, 1.54) is 41.5 Å². The van der Waals surface area contributed by atoms with Gasteiger partial charge in [-0.05, 0) is 67.5 Å². The molecule has 2 heteroatoms. The molecule has 0 spiro atoms. The monoisotopic (exact) mass is 373 g/mol. The Hall–Kier alpha value is -2.61. The van der Waals surface area contributed by atoms with E-state index in [0.717, 1.165) is 30.7 Å². The van der Waals surface area contributed by atoms with Crippen molar-refractivity contribution < 1.29 is 4.74 Å². The van der Waals surface area contributed by atoms with Crippen molar-refractivity contribution in [3.8, 4) is 17.0 Å². The molecule has 1 heterocycles. The lowest BCUT2D eigenvalue weighted by molar-refractivity contribution is 0.340. The number of ether oxygens (including phenoxy) is 1. The molecule has 0 saturated heterocycles. The van der Waals surface area contributed by atoms with E-state index < -0.39 is 0 Å². The van der Waals surface area contributed by atoms with Gasteiger partial charge in [0.05, 0.1) is 12.3 Å². The maximum Gasteiger partial charge on any atom is 0.119 e. The summed E-state index contributed by atoms with van der Waals surface area (Å²) in [5, 5.41) is 0. The second-order valence-corrected chi connectivity index (χ2v) is 7.28. The Balaban J connectivity index is 1.54. The second kappa shape index (κ2) is 10.7. The first-order chi connectivity index (χ1) is 13.8. The summed E-state index contributed by atoms with van der Waals surface area (Å²) in [7, 11) is 0. The minimum absolute atomic E-state index is 0.710. The summed E-state index contributed by atoms with van der Waals surface area (Å²) >= 11 is 0. The molecule has 0 aliphatic rings. The van der Waals surface area contributed by atoms with E-state index >= 15 is 0 Å². The zero-order valence-electron chi connectivity index (χ0n) is 17.2. The third kappa shape index (κ3) is 5.95. The summed E-state index contributed by atoms with van der Waals surface area (Å²) in [6, 6.07) is 21.6. The molecular formula is C26H31NO. The van der Waals surface area contributed by atoms with Gasteiger partial charge >= 0.3 is 0 Å². The Morgan fingerprint density at radius 2 is 1.32 bits per heavy atom. The Labute approximate surface area is 169 Å². The van der Waals surface area contributed by atoms with E-state index in [1.54, 1.807) is 0 Å². The highest BCUT2D eigenvalue weighted by atomic mass is 16.5. The predicted molar refractivity (Wildman–Crippen MR) is 118 cm³/mol. The molecule has 0 unspecified atom stereocenters. The highest BCUT2D eigenvalue weighted by Gasteiger charge is 2.02. The Bertz CT molecular complexity index is 820. The standard InChI is InChI=1S/C26H31NO/c1-3-5-6-7-23-14-19-26(27-20-23)24-15-10-21(11-16-24)8-9-22-12-17-25(18-13-22)28-4-2/h10-20H,3-9H2,1-2H3. The van der Waals surface area contributed by atoms with Crippen LogP contribution >= 0.6 is 0 Å². The highest BCUT2D eigenvalue weighted by molar-refractivity contribution is 5.59. The van der Waals surface area contributed by atoms with Gasteiger partial charge in [0.15, 0.2) is 0 Å². The molecule has 146 valence electrons. The largest absolute Gasteiger partial charge is 0.494 e. The van der Waals surface area contributed by atoms with Gasteiger partial charge in [-0.3, -0.25) is 4.98 Å². The fourth-order valence-electron chi connectivity index (χ4n) is 3.37. The number of hydrogen-bond acceptors (Lipinski definition) is 2.